The van der Waals surface area contributed by atoms with Gasteiger partial charge in [0, 0.05) is 62.0 Å². The highest BCUT2D eigenvalue weighted by molar-refractivity contribution is 7.15. The van der Waals surface area contributed by atoms with Crippen LogP contribution in [0.3, 0.4) is 0 Å². The van der Waals surface area contributed by atoms with Gasteiger partial charge in [-0.05, 0) is 36.8 Å². The minimum Gasteiger partial charge on any atom is -0.399 e. The first-order chi connectivity index (χ1) is 14.5. The number of nitrogens with one attached hydrogen (secondary N) is 1. The van der Waals surface area contributed by atoms with E-state index < -0.39 is 0 Å². The van der Waals surface area contributed by atoms with Gasteiger partial charge in [-0.25, -0.2) is 9.97 Å². The van der Waals surface area contributed by atoms with Crippen LogP contribution in [-0.4, -0.2) is 51.9 Å². The van der Waals surface area contributed by atoms with Crippen LogP contribution in [0.4, 0.5) is 16.6 Å². The molecule has 0 saturated carbocycles. The SMILES string of the molecule is CC(=O)N1CCN(Cc2cc(Nc3ncc(C)s3)nc(-c3cccc(N)c3)c2)CC1. The van der Waals surface area contributed by atoms with E-state index in [-0.39, 0.29) is 5.91 Å². The lowest BCUT2D eigenvalue weighted by molar-refractivity contribution is -0.130. The number of thiazole rings is 1. The zero-order chi connectivity index (χ0) is 21.1. The highest BCUT2D eigenvalue weighted by Gasteiger charge is 2.19. The first kappa shape index (κ1) is 20.3. The van der Waals surface area contributed by atoms with E-state index in [2.05, 4.69) is 27.3 Å². The number of nitrogens with zero attached hydrogens (tertiary/aromatic N) is 4. The fourth-order valence-electron chi connectivity index (χ4n) is 3.59. The first-order valence-corrected chi connectivity index (χ1v) is 10.8. The number of piperazine rings is 1. The molecule has 1 aliphatic rings. The summed E-state index contributed by atoms with van der Waals surface area (Å²) in [6, 6.07) is 12.0. The number of benzene rings is 1. The molecule has 0 atom stereocenters. The molecule has 0 aliphatic carbocycles. The number of amides is 1. The fourth-order valence-corrected chi connectivity index (χ4v) is 4.26. The molecule has 3 N–H and O–H groups in total. The van der Waals surface area contributed by atoms with Crippen LogP contribution in [0.5, 0.6) is 0 Å². The van der Waals surface area contributed by atoms with E-state index in [0.29, 0.717) is 5.69 Å². The van der Waals surface area contributed by atoms with Crippen LogP contribution in [0.1, 0.15) is 17.4 Å². The van der Waals surface area contributed by atoms with Crippen LogP contribution >= 0.6 is 11.3 Å². The smallest absolute Gasteiger partial charge is 0.219 e. The number of hydrogen-bond donors (Lipinski definition) is 2. The number of pyridine rings is 1. The quantitative estimate of drug-likeness (QED) is 0.612. The summed E-state index contributed by atoms with van der Waals surface area (Å²) in [5.41, 5.74) is 9.72. The highest BCUT2D eigenvalue weighted by atomic mass is 32.1. The number of nitrogens with two attached hydrogens (primary N) is 1. The predicted molar refractivity (Wildman–Crippen MR) is 122 cm³/mol. The second kappa shape index (κ2) is 8.81. The van der Waals surface area contributed by atoms with E-state index in [4.69, 9.17) is 10.7 Å². The average molecular weight is 423 g/mol. The maximum absolute atomic E-state index is 11.6. The molecule has 2 aromatic heterocycles. The van der Waals surface area contributed by atoms with Gasteiger partial charge in [0.2, 0.25) is 5.91 Å². The lowest BCUT2D eigenvalue weighted by atomic mass is 10.1. The minimum atomic E-state index is 0.146. The molecular weight excluding hydrogens is 396 g/mol. The molecule has 7 nitrogen and oxygen atoms in total. The number of rotatable bonds is 5. The van der Waals surface area contributed by atoms with Gasteiger partial charge in [0.15, 0.2) is 5.13 Å². The summed E-state index contributed by atoms with van der Waals surface area (Å²) < 4.78 is 0. The Hall–Kier alpha value is -2.97. The van der Waals surface area contributed by atoms with Crippen LogP contribution in [0.15, 0.2) is 42.6 Å². The molecule has 4 rings (SSSR count). The van der Waals surface area contributed by atoms with E-state index in [1.165, 1.54) is 0 Å². The van der Waals surface area contributed by atoms with Crippen molar-refractivity contribution in [3.63, 3.8) is 0 Å². The van der Waals surface area contributed by atoms with E-state index in [1.54, 1.807) is 18.3 Å². The zero-order valence-electron chi connectivity index (χ0n) is 17.3. The second-order valence-corrected chi connectivity index (χ2v) is 8.79. The highest BCUT2D eigenvalue weighted by Crippen LogP contribution is 2.27. The third-order valence-corrected chi connectivity index (χ3v) is 5.98. The van der Waals surface area contributed by atoms with Gasteiger partial charge in [-0.2, -0.15) is 0 Å². The molecule has 3 aromatic rings. The number of aromatic nitrogens is 2. The molecule has 3 heterocycles. The molecule has 1 saturated heterocycles. The average Bonchev–Trinajstić information content (AvgIpc) is 3.13. The maximum atomic E-state index is 11.6. The lowest BCUT2D eigenvalue weighted by Gasteiger charge is -2.34. The number of hydrogen-bond acceptors (Lipinski definition) is 7. The number of nitrogen functional groups attached to an aromatic ring is 1. The Labute approximate surface area is 180 Å². The summed E-state index contributed by atoms with van der Waals surface area (Å²) in [7, 11) is 0. The first-order valence-electron chi connectivity index (χ1n) is 10.0. The maximum Gasteiger partial charge on any atom is 0.219 e. The van der Waals surface area contributed by atoms with Gasteiger partial charge in [-0.3, -0.25) is 9.69 Å². The predicted octanol–water partition coefficient (Wildman–Crippen LogP) is 3.50. The van der Waals surface area contributed by atoms with E-state index >= 15 is 0 Å². The van der Waals surface area contributed by atoms with Gasteiger partial charge in [-0.1, -0.05) is 12.1 Å². The Morgan fingerprint density at radius 1 is 1.20 bits per heavy atom. The van der Waals surface area contributed by atoms with Crippen molar-refractivity contribution in [1.82, 2.24) is 19.8 Å². The van der Waals surface area contributed by atoms with Crippen LogP contribution in [0.25, 0.3) is 11.3 Å². The third-order valence-electron chi connectivity index (χ3n) is 5.15. The van der Waals surface area contributed by atoms with E-state index in [9.17, 15) is 4.79 Å². The fraction of sp³-hybridized carbons (Fsp3) is 0.318. The van der Waals surface area contributed by atoms with Crippen molar-refractivity contribution < 1.29 is 4.79 Å². The minimum absolute atomic E-state index is 0.146. The molecule has 1 fully saturated rings. The molecule has 1 aromatic carbocycles. The molecule has 8 heteroatoms. The van der Waals surface area contributed by atoms with Crippen molar-refractivity contribution >= 4 is 33.9 Å². The summed E-state index contributed by atoms with van der Waals surface area (Å²) in [4.78, 5) is 26.2. The summed E-state index contributed by atoms with van der Waals surface area (Å²) in [6.45, 7) is 7.74. The Morgan fingerprint density at radius 2 is 2.00 bits per heavy atom. The second-order valence-electron chi connectivity index (χ2n) is 7.55. The van der Waals surface area contributed by atoms with Crippen molar-refractivity contribution in [1.29, 1.82) is 0 Å². The molecule has 1 amide bonds. The van der Waals surface area contributed by atoms with Crippen molar-refractivity contribution in [3.05, 3.63) is 53.0 Å². The van der Waals surface area contributed by atoms with Gasteiger partial charge in [-0.15, -0.1) is 11.3 Å². The number of anilines is 3. The van der Waals surface area contributed by atoms with Gasteiger partial charge in [0.05, 0.1) is 5.69 Å². The molecule has 156 valence electrons. The molecule has 0 spiro atoms. The van der Waals surface area contributed by atoms with Gasteiger partial charge >= 0.3 is 0 Å². The molecular formula is C22H26N6OS. The molecule has 1 aliphatic heterocycles. The Bertz CT molecular complexity index is 1040. The molecule has 30 heavy (non-hydrogen) atoms. The normalized spacial score (nSPS) is 14.7. The van der Waals surface area contributed by atoms with Crippen molar-refractivity contribution in [2.45, 2.75) is 20.4 Å². The molecule has 0 unspecified atom stereocenters. The zero-order valence-corrected chi connectivity index (χ0v) is 18.1. The van der Waals surface area contributed by atoms with Crippen LogP contribution in [-0.2, 0) is 11.3 Å². The Balaban J connectivity index is 1.59. The topological polar surface area (TPSA) is 87.4 Å². The Morgan fingerprint density at radius 3 is 2.67 bits per heavy atom. The van der Waals surface area contributed by atoms with Crippen molar-refractivity contribution in [3.8, 4) is 11.3 Å². The van der Waals surface area contributed by atoms with Gasteiger partial charge in [0.1, 0.15) is 5.82 Å². The van der Waals surface area contributed by atoms with Crippen LogP contribution < -0.4 is 11.1 Å². The number of carbonyl (C=O) groups excluding carboxylic acids is 1. The van der Waals surface area contributed by atoms with E-state index in [1.807, 2.05) is 42.3 Å². The lowest BCUT2D eigenvalue weighted by Crippen LogP contribution is -2.47. The van der Waals surface area contributed by atoms with Gasteiger partial charge < -0.3 is 16.0 Å². The number of carbonyl (C=O) groups is 1. The van der Waals surface area contributed by atoms with Crippen LogP contribution in [0.2, 0.25) is 0 Å². The molecule has 0 bridgehead atoms. The number of aryl methyl sites for hydroxylation is 1. The largest absolute Gasteiger partial charge is 0.399 e. The standard InChI is InChI=1S/C22H26N6OS/c1-15-13-24-22(30-15)26-21-11-17(14-27-6-8-28(9-7-27)16(2)29)10-20(25-21)18-4-3-5-19(23)12-18/h3-5,10-13H,6-9,14,23H2,1-2H3,(H,24,25,26). The Kier molecular flexibility index (Phi) is 5.96. The van der Waals surface area contributed by atoms with E-state index in [0.717, 1.165) is 65.4 Å². The van der Waals surface area contributed by atoms with Crippen molar-refractivity contribution in [2.75, 3.05) is 37.2 Å². The third kappa shape index (κ3) is 4.95. The van der Waals surface area contributed by atoms with Crippen LogP contribution in [0, 0.1) is 6.92 Å². The summed E-state index contributed by atoms with van der Waals surface area (Å²) in [6.07, 6.45) is 1.85. The van der Waals surface area contributed by atoms with Crippen molar-refractivity contribution in [2.24, 2.45) is 0 Å². The van der Waals surface area contributed by atoms with Gasteiger partial charge in [0.25, 0.3) is 0 Å². The summed E-state index contributed by atoms with van der Waals surface area (Å²) in [5.74, 6) is 0.911. The summed E-state index contributed by atoms with van der Waals surface area (Å²) in [5, 5.41) is 4.17. The monoisotopic (exact) mass is 422 g/mol. The molecule has 0 radical (unpaired) electrons. The summed E-state index contributed by atoms with van der Waals surface area (Å²) >= 11 is 1.60.